The number of carbonyl (C=O) groups is 3. The second kappa shape index (κ2) is 8.02. The van der Waals surface area contributed by atoms with Crippen LogP contribution in [0, 0.1) is 11.8 Å². The molecule has 184 valence electrons. The van der Waals surface area contributed by atoms with Crippen molar-refractivity contribution in [2.45, 2.75) is 50.5 Å². The standard InChI is InChI=1S/C29H30N4O3/c34-25-10-8-23-15-22(7-9-24(23)30-25)19-1-3-20(4-2-19)26-31-29(12-13-29)28(36)33(26)17-18-11-14-32(16-18)27(35)21-5-6-21/h1-4,7,9,15,18,21H,5-6,8,10-14,16-17H2,(H,30,34)/t18-/m1/s1. The molecular weight excluding hydrogens is 452 g/mol. The van der Waals surface area contributed by atoms with Gasteiger partial charge in [0, 0.05) is 43.2 Å². The summed E-state index contributed by atoms with van der Waals surface area (Å²) >= 11 is 0. The average Bonchev–Trinajstić information content (AvgIpc) is 3.82. The normalized spacial score (nSPS) is 24.1. The molecule has 3 fully saturated rings. The number of fused-ring (bicyclic) bond motifs is 1. The van der Waals surface area contributed by atoms with Crippen LogP contribution < -0.4 is 5.32 Å². The molecule has 7 heteroatoms. The van der Waals surface area contributed by atoms with Gasteiger partial charge >= 0.3 is 0 Å². The third-order valence-corrected chi connectivity index (χ3v) is 8.38. The van der Waals surface area contributed by atoms with E-state index in [2.05, 4.69) is 35.6 Å². The number of nitrogens with one attached hydrogen (secondary N) is 1. The lowest BCUT2D eigenvalue weighted by Crippen LogP contribution is -2.40. The van der Waals surface area contributed by atoms with Gasteiger partial charge in [-0.05, 0) is 73.3 Å². The Morgan fingerprint density at radius 3 is 2.47 bits per heavy atom. The number of amides is 3. The molecule has 5 aliphatic rings. The van der Waals surface area contributed by atoms with Gasteiger partial charge in [-0.25, -0.2) is 0 Å². The van der Waals surface area contributed by atoms with Gasteiger partial charge in [-0.1, -0.05) is 30.3 Å². The number of aryl methyl sites for hydroxylation is 1. The SMILES string of the molecule is O=C1CCc2cc(-c3ccc(C4=NC5(CC5)C(=O)N4C[C@@H]4CCN(C(=O)C5CC5)C4)cc3)ccc2N1. The number of benzene rings is 2. The molecule has 0 unspecified atom stereocenters. The average molecular weight is 483 g/mol. The Bertz CT molecular complexity index is 1310. The largest absolute Gasteiger partial charge is 0.342 e. The minimum Gasteiger partial charge on any atom is -0.342 e. The number of hydrogen-bond acceptors (Lipinski definition) is 4. The van der Waals surface area contributed by atoms with Crippen molar-refractivity contribution in [2.75, 3.05) is 25.0 Å². The Hall–Kier alpha value is -3.48. The molecule has 7 rings (SSSR count). The number of hydrogen-bond donors (Lipinski definition) is 1. The van der Waals surface area contributed by atoms with Crippen LogP contribution >= 0.6 is 0 Å². The Kier molecular flexibility index (Phi) is 4.85. The van der Waals surface area contributed by atoms with Gasteiger partial charge < -0.3 is 10.2 Å². The highest BCUT2D eigenvalue weighted by Gasteiger charge is 2.57. The fraction of sp³-hybridized carbons (Fsp3) is 0.448. The summed E-state index contributed by atoms with van der Waals surface area (Å²) in [5, 5.41) is 2.94. The highest BCUT2D eigenvalue weighted by molar-refractivity contribution is 6.16. The molecule has 2 aromatic carbocycles. The fourth-order valence-electron chi connectivity index (χ4n) is 5.90. The van der Waals surface area contributed by atoms with Gasteiger partial charge in [-0.3, -0.25) is 24.3 Å². The van der Waals surface area contributed by atoms with Crippen LogP contribution in [0.15, 0.2) is 47.5 Å². The molecule has 0 bridgehead atoms. The first-order chi connectivity index (χ1) is 17.5. The van der Waals surface area contributed by atoms with Crippen molar-refractivity contribution < 1.29 is 14.4 Å². The van der Waals surface area contributed by atoms with Gasteiger partial charge in [0.05, 0.1) is 0 Å². The molecule has 7 nitrogen and oxygen atoms in total. The van der Waals surface area contributed by atoms with Crippen molar-refractivity contribution >= 4 is 29.2 Å². The van der Waals surface area contributed by atoms with Crippen molar-refractivity contribution in [1.29, 1.82) is 0 Å². The second-order valence-electron chi connectivity index (χ2n) is 11.1. The predicted octanol–water partition coefficient (Wildman–Crippen LogP) is 3.62. The van der Waals surface area contributed by atoms with Gasteiger partial charge in [0.2, 0.25) is 11.8 Å². The van der Waals surface area contributed by atoms with E-state index < -0.39 is 5.54 Å². The van der Waals surface area contributed by atoms with Gasteiger partial charge in [-0.2, -0.15) is 0 Å². The van der Waals surface area contributed by atoms with Crippen LogP contribution in [0.5, 0.6) is 0 Å². The van der Waals surface area contributed by atoms with Crippen molar-refractivity contribution in [2.24, 2.45) is 16.8 Å². The summed E-state index contributed by atoms with van der Waals surface area (Å²) in [4.78, 5) is 46.3. The topological polar surface area (TPSA) is 82.1 Å². The van der Waals surface area contributed by atoms with E-state index in [1.54, 1.807) is 0 Å². The van der Waals surface area contributed by atoms with Gasteiger partial charge in [0.25, 0.3) is 5.91 Å². The zero-order chi connectivity index (χ0) is 24.4. The van der Waals surface area contributed by atoms with Crippen LogP contribution in [0.1, 0.15) is 49.7 Å². The van der Waals surface area contributed by atoms with E-state index in [4.69, 9.17) is 4.99 Å². The molecule has 0 aromatic heterocycles. The maximum absolute atomic E-state index is 13.3. The molecule has 3 amide bonds. The lowest BCUT2D eigenvalue weighted by molar-refractivity contribution is -0.131. The van der Waals surface area contributed by atoms with Crippen LogP contribution in [0.4, 0.5) is 5.69 Å². The van der Waals surface area contributed by atoms with E-state index >= 15 is 0 Å². The van der Waals surface area contributed by atoms with E-state index in [1.165, 1.54) is 0 Å². The first-order valence-corrected chi connectivity index (χ1v) is 13.2. The van der Waals surface area contributed by atoms with Crippen LogP contribution in [-0.2, 0) is 20.8 Å². The summed E-state index contributed by atoms with van der Waals surface area (Å²) in [5.41, 5.74) is 4.70. The number of likely N-dealkylation sites (tertiary alicyclic amines) is 1. The predicted molar refractivity (Wildman–Crippen MR) is 136 cm³/mol. The molecule has 0 radical (unpaired) electrons. The van der Waals surface area contributed by atoms with Gasteiger partial charge in [0.15, 0.2) is 0 Å². The highest BCUT2D eigenvalue weighted by Crippen LogP contribution is 2.46. The van der Waals surface area contributed by atoms with Crippen molar-refractivity contribution in [3.63, 3.8) is 0 Å². The number of rotatable bonds is 5. The number of nitrogens with zero attached hydrogens (tertiary/aromatic N) is 3. The van der Waals surface area contributed by atoms with E-state index in [-0.39, 0.29) is 17.7 Å². The Balaban J connectivity index is 1.10. The first kappa shape index (κ1) is 21.8. The third kappa shape index (κ3) is 3.72. The van der Waals surface area contributed by atoms with Gasteiger partial charge in [0.1, 0.15) is 11.4 Å². The second-order valence-corrected chi connectivity index (χ2v) is 11.1. The summed E-state index contributed by atoms with van der Waals surface area (Å²) in [6, 6.07) is 14.5. The van der Waals surface area contributed by atoms with E-state index in [1.807, 2.05) is 21.9 Å². The lowest BCUT2D eigenvalue weighted by atomic mass is 9.96. The van der Waals surface area contributed by atoms with Gasteiger partial charge in [-0.15, -0.1) is 0 Å². The Morgan fingerprint density at radius 2 is 1.72 bits per heavy atom. The minimum absolute atomic E-state index is 0.0734. The minimum atomic E-state index is -0.543. The van der Waals surface area contributed by atoms with Crippen LogP contribution in [0.2, 0.25) is 0 Å². The van der Waals surface area contributed by atoms with Crippen LogP contribution in [0.25, 0.3) is 11.1 Å². The zero-order valence-corrected chi connectivity index (χ0v) is 20.3. The Labute approximate surface area is 210 Å². The summed E-state index contributed by atoms with van der Waals surface area (Å²) in [7, 11) is 0. The molecule has 1 N–H and O–H groups in total. The monoisotopic (exact) mass is 482 g/mol. The van der Waals surface area contributed by atoms with Crippen molar-refractivity contribution in [1.82, 2.24) is 9.80 Å². The molecule has 36 heavy (non-hydrogen) atoms. The quantitative estimate of drug-likeness (QED) is 0.707. The molecule has 2 saturated carbocycles. The lowest BCUT2D eigenvalue weighted by Gasteiger charge is -2.23. The maximum atomic E-state index is 13.3. The number of amidine groups is 1. The molecule has 3 aliphatic heterocycles. The fourth-order valence-corrected chi connectivity index (χ4v) is 5.90. The van der Waals surface area contributed by atoms with E-state index in [0.29, 0.717) is 24.8 Å². The molecule has 1 spiro atoms. The first-order valence-electron chi connectivity index (χ1n) is 13.2. The molecule has 1 atom stereocenters. The molecule has 2 aromatic rings. The molecule has 2 aliphatic carbocycles. The highest BCUT2D eigenvalue weighted by atomic mass is 16.2. The molecule has 3 heterocycles. The summed E-state index contributed by atoms with van der Waals surface area (Å²) in [6.07, 6.45) is 5.94. The summed E-state index contributed by atoms with van der Waals surface area (Å²) in [6.45, 7) is 2.18. The van der Waals surface area contributed by atoms with Crippen molar-refractivity contribution in [3.8, 4) is 11.1 Å². The van der Waals surface area contributed by atoms with E-state index in [0.717, 1.165) is 85.4 Å². The number of anilines is 1. The van der Waals surface area contributed by atoms with Crippen LogP contribution in [0.3, 0.4) is 0 Å². The smallest absolute Gasteiger partial charge is 0.256 e. The van der Waals surface area contributed by atoms with Crippen molar-refractivity contribution in [3.05, 3.63) is 53.6 Å². The third-order valence-electron chi connectivity index (χ3n) is 8.38. The van der Waals surface area contributed by atoms with E-state index in [9.17, 15) is 14.4 Å². The summed E-state index contributed by atoms with van der Waals surface area (Å²) < 4.78 is 0. The molecule has 1 saturated heterocycles. The maximum Gasteiger partial charge on any atom is 0.256 e. The Morgan fingerprint density at radius 1 is 0.972 bits per heavy atom. The number of carbonyl (C=O) groups excluding carboxylic acids is 3. The zero-order valence-electron chi connectivity index (χ0n) is 20.3. The number of aliphatic imine (C=N–C) groups is 1. The van der Waals surface area contributed by atoms with Crippen LogP contribution in [-0.4, -0.2) is 58.5 Å². The molecular formula is C29H30N4O3. The summed E-state index contributed by atoms with van der Waals surface area (Å²) in [5.74, 6) is 1.83.